The third kappa shape index (κ3) is 5.88. The minimum absolute atomic E-state index is 0.831. The molecule has 0 bridgehead atoms. The molecule has 0 atom stereocenters. The third-order valence-corrected chi connectivity index (χ3v) is 2.09. The van der Waals surface area contributed by atoms with E-state index in [0.29, 0.717) is 0 Å². The molecule has 16 heavy (non-hydrogen) atoms. The molecule has 0 amide bonds. The van der Waals surface area contributed by atoms with Gasteiger partial charge >= 0.3 is 0 Å². The summed E-state index contributed by atoms with van der Waals surface area (Å²) in [6.45, 7) is 3.62. The van der Waals surface area contributed by atoms with E-state index in [1.165, 1.54) is 5.56 Å². The molecule has 0 N–H and O–H groups in total. The van der Waals surface area contributed by atoms with Gasteiger partial charge in [-0.15, -0.1) is 0 Å². The van der Waals surface area contributed by atoms with Crippen molar-refractivity contribution in [2.75, 3.05) is 0 Å². The van der Waals surface area contributed by atoms with Gasteiger partial charge in [0.2, 0.25) is 0 Å². The average Bonchev–Trinajstić information content (AvgIpc) is 2.34. The summed E-state index contributed by atoms with van der Waals surface area (Å²) in [5.74, 6) is 6.30. The van der Waals surface area contributed by atoms with Crippen LogP contribution in [-0.2, 0) is 6.42 Å². The Balaban J connectivity index is 2.21. The summed E-state index contributed by atoms with van der Waals surface area (Å²) in [5.41, 5.74) is 1.28. The molecule has 1 rings (SSSR count). The van der Waals surface area contributed by atoms with Crippen LogP contribution < -0.4 is 0 Å². The Labute approximate surface area is 98.7 Å². The van der Waals surface area contributed by atoms with Gasteiger partial charge in [-0.2, -0.15) is 0 Å². The first-order chi connectivity index (χ1) is 7.93. The van der Waals surface area contributed by atoms with Gasteiger partial charge < -0.3 is 0 Å². The van der Waals surface area contributed by atoms with E-state index in [4.69, 9.17) is 0 Å². The highest BCUT2D eigenvalue weighted by Crippen LogP contribution is 1.98. The van der Waals surface area contributed by atoms with Gasteiger partial charge in [0.1, 0.15) is 0 Å². The number of hydrogen-bond acceptors (Lipinski definition) is 0. The second-order valence-electron chi connectivity index (χ2n) is 3.40. The molecule has 0 aliphatic carbocycles. The Kier molecular flexibility index (Phi) is 6.60. The van der Waals surface area contributed by atoms with Gasteiger partial charge in [-0.05, 0) is 18.9 Å². The third-order valence-electron chi connectivity index (χ3n) is 2.09. The zero-order valence-corrected chi connectivity index (χ0v) is 9.52. The smallest absolute Gasteiger partial charge is 0.0340 e. The predicted molar refractivity (Wildman–Crippen MR) is 70.8 cm³/mol. The highest BCUT2D eigenvalue weighted by atomic mass is 13.9. The summed E-state index contributed by atoms with van der Waals surface area (Å²) < 4.78 is 0. The number of allylic oxidation sites excluding steroid dienone is 4. The number of rotatable bonds is 4. The van der Waals surface area contributed by atoms with Crippen LogP contribution in [-0.4, -0.2) is 0 Å². The van der Waals surface area contributed by atoms with E-state index in [9.17, 15) is 0 Å². The first-order valence-corrected chi connectivity index (χ1v) is 5.52. The maximum absolute atomic E-state index is 3.62. The molecule has 1 radical (unpaired) electrons. The lowest BCUT2D eigenvalue weighted by molar-refractivity contribution is 1.30. The summed E-state index contributed by atoms with van der Waals surface area (Å²) in [4.78, 5) is 0. The zero-order valence-electron chi connectivity index (χ0n) is 9.52. The molecule has 0 aliphatic heterocycles. The topological polar surface area (TPSA) is 0 Å². The molecule has 0 nitrogen and oxygen atoms in total. The molecule has 0 heteroatoms. The van der Waals surface area contributed by atoms with Crippen molar-refractivity contribution in [3.63, 3.8) is 0 Å². The molecule has 0 aliphatic rings. The van der Waals surface area contributed by atoms with Crippen LogP contribution in [0.2, 0.25) is 0 Å². The van der Waals surface area contributed by atoms with Crippen LogP contribution in [0, 0.1) is 18.8 Å². The van der Waals surface area contributed by atoms with Crippen molar-refractivity contribution in [2.45, 2.75) is 19.3 Å². The monoisotopic (exact) mass is 209 g/mol. The summed E-state index contributed by atoms with van der Waals surface area (Å²) in [6, 6.07) is 10.3. The molecule has 0 fully saturated rings. The Bertz CT molecular complexity index is 385. The highest BCUT2D eigenvalue weighted by Gasteiger charge is 1.83. The van der Waals surface area contributed by atoms with Gasteiger partial charge in [-0.3, -0.25) is 0 Å². The van der Waals surface area contributed by atoms with Crippen LogP contribution in [0.15, 0.2) is 54.6 Å². The average molecular weight is 209 g/mol. The fraction of sp³-hybridized carbons (Fsp3) is 0.188. The molecule has 0 saturated heterocycles. The van der Waals surface area contributed by atoms with E-state index < -0.39 is 0 Å². The van der Waals surface area contributed by atoms with Crippen LogP contribution in [0.5, 0.6) is 0 Å². The Morgan fingerprint density at radius 2 is 1.81 bits per heavy atom. The van der Waals surface area contributed by atoms with Gasteiger partial charge in [0.25, 0.3) is 0 Å². The molecule has 0 aromatic heterocycles. The van der Waals surface area contributed by atoms with Gasteiger partial charge in [-0.1, -0.05) is 66.5 Å². The maximum atomic E-state index is 3.62. The lowest BCUT2D eigenvalue weighted by Gasteiger charge is -1.90. The van der Waals surface area contributed by atoms with E-state index in [1.807, 2.05) is 30.4 Å². The molecule has 1 aromatic carbocycles. The Morgan fingerprint density at radius 3 is 2.56 bits per heavy atom. The van der Waals surface area contributed by atoms with Crippen molar-refractivity contribution in [3.8, 4) is 11.8 Å². The van der Waals surface area contributed by atoms with Crippen molar-refractivity contribution in [2.24, 2.45) is 0 Å². The normalized spacial score (nSPS) is 10.6. The molecule has 1 aromatic rings. The quantitative estimate of drug-likeness (QED) is 0.520. The number of hydrogen-bond donors (Lipinski definition) is 0. The standard InChI is InChI=1S/C16H17/c1-2-3-4-5-6-7-8-10-13-16-14-11-9-12-15-16/h2-3,5-6,9,11-12,14-15H,1,4,7,13H2. The fourth-order valence-electron chi connectivity index (χ4n) is 1.25. The van der Waals surface area contributed by atoms with Crippen LogP contribution in [0.4, 0.5) is 0 Å². The molecular weight excluding hydrogens is 192 g/mol. The minimum atomic E-state index is 0.831. The van der Waals surface area contributed by atoms with Crippen LogP contribution in [0.1, 0.15) is 18.4 Å². The van der Waals surface area contributed by atoms with Gasteiger partial charge in [0, 0.05) is 12.8 Å². The SMILES string of the molecule is [CH2]C=CCC=CCC#CCc1ccccc1. The van der Waals surface area contributed by atoms with Crippen LogP contribution in [0.25, 0.3) is 0 Å². The predicted octanol–water partition coefficient (Wildman–Crippen LogP) is 3.96. The molecular formula is C16H17. The number of benzene rings is 1. The maximum Gasteiger partial charge on any atom is 0.0340 e. The van der Waals surface area contributed by atoms with E-state index >= 15 is 0 Å². The molecule has 0 unspecified atom stereocenters. The molecule has 0 saturated carbocycles. The summed E-state index contributed by atoms with van der Waals surface area (Å²) >= 11 is 0. The van der Waals surface area contributed by atoms with Crippen LogP contribution >= 0.6 is 0 Å². The van der Waals surface area contributed by atoms with Crippen molar-refractivity contribution in [3.05, 3.63) is 67.1 Å². The lowest BCUT2D eigenvalue weighted by Crippen LogP contribution is -1.78. The Hall–Kier alpha value is -1.74. The van der Waals surface area contributed by atoms with E-state index in [1.54, 1.807) is 0 Å². The highest BCUT2D eigenvalue weighted by molar-refractivity contribution is 5.21. The zero-order chi connectivity index (χ0) is 11.5. The van der Waals surface area contributed by atoms with Crippen molar-refractivity contribution >= 4 is 0 Å². The second kappa shape index (κ2) is 8.56. The van der Waals surface area contributed by atoms with Crippen molar-refractivity contribution in [1.82, 2.24) is 0 Å². The van der Waals surface area contributed by atoms with Crippen LogP contribution in [0.3, 0.4) is 0 Å². The van der Waals surface area contributed by atoms with Gasteiger partial charge in [-0.25, -0.2) is 0 Å². The van der Waals surface area contributed by atoms with Crippen molar-refractivity contribution < 1.29 is 0 Å². The summed E-state index contributed by atoms with van der Waals surface area (Å²) in [7, 11) is 0. The second-order valence-corrected chi connectivity index (χ2v) is 3.40. The van der Waals surface area contributed by atoms with E-state index in [0.717, 1.165) is 19.3 Å². The van der Waals surface area contributed by atoms with Gasteiger partial charge in [0.15, 0.2) is 0 Å². The van der Waals surface area contributed by atoms with E-state index in [2.05, 4.69) is 43.0 Å². The fourth-order valence-corrected chi connectivity index (χ4v) is 1.25. The molecule has 81 valence electrons. The van der Waals surface area contributed by atoms with Crippen molar-refractivity contribution in [1.29, 1.82) is 0 Å². The molecule has 0 heterocycles. The lowest BCUT2D eigenvalue weighted by atomic mass is 10.1. The van der Waals surface area contributed by atoms with E-state index in [-0.39, 0.29) is 0 Å². The van der Waals surface area contributed by atoms with Gasteiger partial charge in [0.05, 0.1) is 0 Å². The molecule has 0 spiro atoms. The first-order valence-electron chi connectivity index (χ1n) is 5.52. The first kappa shape index (κ1) is 12.3. The summed E-state index contributed by atoms with van der Waals surface area (Å²) in [5, 5.41) is 0. The Morgan fingerprint density at radius 1 is 1.00 bits per heavy atom. The largest absolute Gasteiger partial charge is 0.0988 e. The minimum Gasteiger partial charge on any atom is -0.0988 e. The summed E-state index contributed by atoms with van der Waals surface area (Å²) in [6.07, 6.45) is 10.7.